The van der Waals surface area contributed by atoms with E-state index in [1.54, 1.807) is 14.2 Å². The fourth-order valence-electron chi connectivity index (χ4n) is 8.96. The van der Waals surface area contributed by atoms with Crippen LogP contribution in [0.15, 0.2) is 182 Å². The molecule has 0 amide bonds. The highest BCUT2D eigenvalue weighted by atomic mass is 16.5. The molecule has 0 N–H and O–H groups in total. The van der Waals surface area contributed by atoms with E-state index in [0.29, 0.717) is 0 Å². The molecule has 59 heavy (non-hydrogen) atoms. The molecule has 0 atom stereocenters. The van der Waals surface area contributed by atoms with Crippen molar-refractivity contribution in [3.8, 4) is 78.3 Å². The van der Waals surface area contributed by atoms with Crippen LogP contribution in [0.4, 0.5) is 0 Å². The Morgan fingerprint density at radius 1 is 0.356 bits per heavy atom. The van der Waals surface area contributed by atoms with Gasteiger partial charge in [0.1, 0.15) is 11.5 Å². The van der Waals surface area contributed by atoms with Crippen LogP contribution in [0.3, 0.4) is 0 Å². The van der Waals surface area contributed by atoms with Crippen LogP contribution in [0.25, 0.3) is 88.6 Å². The maximum absolute atomic E-state index is 5.72. The molecule has 8 aromatic carbocycles. The zero-order chi connectivity index (χ0) is 40.1. The summed E-state index contributed by atoms with van der Waals surface area (Å²) in [5, 5.41) is 2.56. The average Bonchev–Trinajstić information content (AvgIpc) is 3.62. The number of fused-ring (bicyclic) bond motifs is 3. The van der Waals surface area contributed by atoms with Gasteiger partial charge in [-0.05, 0) is 116 Å². The molecule has 0 fully saturated rings. The lowest BCUT2D eigenvalue weighted by Crippen LogP contribution is -2.02. The van der Waals surface area contributed by atoms with Gasteiger partial charge in [-0.25, -0.2) is 0 Å². The third-order valence-electron chi connectivity index (χ3n) is 11.7. The monoisotopic (exact) mass is 767 g/mol. The van der Waals surface area contributed by atoms with Crippen molar-refractivity contribution in [2.75, 3.05) is 14.2 Å². The molecule has 1 aromatic heterocycles. The first-order chi connectivity index (χ1) is 29.2. The number of para-hydroxylation sites is 1. The molecular weight excluding hydrogens is 719 g/mol. The summed E-state index contributed by atoms with van der Waals surface area (Å²) in [6.07, 6.45) is 4.89. The first-order valence-electron chi connectivity index (χ1n) is 20.9. The van der Waals surface area contributed by atoms with Gasteiger partial charge in [0.25, 0.3) is 0 Å². The summed E-state index contributed by atoms with van der Waals surface area (Å²) < 4.78 is 14.0. The lowest BCUT2D eigenvalue weighted by molar-refractivity contribution is 0.414. The van der Waals surface area contributed by atoms with Crippen LogP contribution >= 0.6 is 0 Å². The van der Waals surface area contributed by atoms with E-state index in [2.05, 4.69) is 193 Å². The molecule has 0 unspecified atom stereocenters. The zero-order valence-electron chi connectivity index (χ0n) is 34.1. The number of nitrogens with zero attached hydrogens (tertiary/aromatic N) is 1. The van der Waals surface area contributed by atoms with E-state index in [0.717, 1.165) is 63.4 Å². The third kappa shape index (κ3) is 7.19. The Balaban J connectivity index is 1.48. The maximum Gasteiger partial charge on any atom is 0.118 e. The minimum Gasteiger partial charge on any atom is -0.497 e. The first kappa shape index (κ1) is 37.7. The molecule has 0 saturated carbocycles. The minimum atomic E-state index is 0.821. The Labute approximate surface area is 348 Å². The van der Waals surface area contributed by atoms with E-state index in [1.807, 2.05) is 0 Å². The molecule has 0 spiro atoms. The quantitative estimate of drug-likeness (QED) is 0.109. The Bertz CT molecular complexity index is 2840. The number of unbranched alkanes of at least 4 members (excludes halogenated alkanes) is 3. The second-order valence-electron chi connectivity index (χ2n) is 15.3. The van der Waals surface area contributed by atoms with Crippen LogP contribution in [-0.2, 0) is 6.54 Å². The Hall–Kier alpha value is -6.84. The van der Waals surface area contributed by atoms with Crippen molar-refractivity contribution in [3.05, 3.63) is 182 Å². The number of benzene rings is 8. The van der Waals surface area contributed by atoms with Crippen molar-refractivity contribution in [2.24, 2.45) is 0 Å². The van der Waals surface area contributed by atoms with Gasteiger partial charge >= 0.3 is 0 Å². The van der Waals surface area contributed by atoms with E-state index < -0.39 is 0 Å². The molecule has 9 aromatic rings. The van der Waals surface area contributed by atoms with Crippen LogP contribution in [-0.4, -0.2) is 18.8 Å². The first-order valence-corrected chi connectivity index (χ1v) is 20.9. The lowest BCUT2D eigenvalue weighted by atomic mass is 9.74. The summed E-state index contributed by atoms with van der Waals surface area (Å²) in [6, 6.07) is 66.2. The normalized spacial score (nSPS) is 11.3. The predicted octanol–water partition coefficient (Wildman–Crippen LogP) is 15.4. The molecule has 1 heterocycles. The number of methoxy groups -OCH3 is 2. The van der Waals surface area contributed by atoms with Crippen LogP contribution in [0.5, 0.6) is 11.5 Å². The molecule has 0 bridgehead atoms. The zero-order valence-corrected chi connectivity index (χ0v) is 34.1. The molecule has 3 nitrogen and oxygen atoms in total. The van der Waals surface area contributed by atoms with Crippen molar-refractivity contribution in [1.29, 1.82) is 0 Å². The molecule has 9 rings (SSSR count). The summed E-state index contributed by atoms with van der Waals surface area (Å²) in [5.41, 5.74) is 16.5. The van der Waals surface area contributed by atoms with Gasteiger partial charge < -0.3 is 14.0 Å². The Morgan fingerprint density at radius 2 is 0.746 bits per heavy atom. The topological polar surface area (TPSA) is 23.4 Å². The number of ether oxygens (including phenoxy) is 2. The molecule has 0 aliphatic rings. The SMILES string of the molecule is CCCCCCn1c2ccccc2c2cc(-c3c(-c4ccccc4)c(-c4ccccc4)c(-c4ccc(OC)cc4)c(-c4ccc(OC)cc4)c3-c3ccccc3)ccc21. The van der Waals surface area contributed by atoms with Crippen molar-refractivity contribution >= 4 is 21.8 Å². The highest BCUT2D eigenvalue weighted by Crippen LogP contribution is 2.56. The molecule has 0 aliphatic heterocycles. The van der Waals surface area contributed by atoms with E-state index in [4.69, 9.17) is 9.47 Å². The van der Waals surface area contributed by atoms with Crippen molar-refractivity contribution in [3.63, 3.8) is 0 Å². The second kappa shape index (κ2) is 16.9. The van der Waals surface area contributed by atoms with Gasteiger partial charge in [0.2, 0.25) is 0 Å². The number of aromatic nitrogens is 1. The summed E-state index contributed by atoms with van der Waals surface area (Å²) in [5.74, 6) is 1.64. The van der Waals surface area contributed by atoms with Crippen LogP contribution in [0, 0.1) is 0 Å². The van der Waals surface area contributed by atoms with E-state index >= 15 is 0 Å². The van der Waals surface area contributed by atoms with E-state index in [1.165, 1.54) is 68.9 Å². The van der Waals surface area contributed by atoms with Gasteiger partial charge in [0.15, 0.2) is 0 Å². The van der Waals surface area contributed by atoms with Gasteiger partial charge in [0.05, 0.1) is 14.2 Å². The standard InChI is InChI=1S/C56H49NO2/c1-4-5-6-18-37-57-49-26-17-16-25-47(49)48-38-44(31-36-50(48)57)56-52(40-21-12-8-13-22-40)51(39-19-10-7-11-20-39)54(42-27-32-45(58-2)33-28-42)55(43-29-34-46(59-3)35-30-43)53(56)41-23-14-9-15-24-41/h7-17,19-36,38H,4-6,18,37H2,1-3H3. The largest absolute Gasteiger partial charge is 0.497 e. The van der Waals surface area contributed by atoms with Crippen LogP contribution in [0.1, 0.15) is 32.6 Å². The fraction of sp³-hybridized carbons (Fsp3) is 0.143. The highest BCUT2D eigenvalue weighted by molar-refractivity contribution is 6.17. The Morgan fingerprint density at radius 3 is 1.20 bits per heavy atom. The van der Waals surface area contributed by atoms with E-state index in [-0.39, 0.29) is 0 Å². The Kier molecular flexibility index (Phi) is 10.8. The van der Waals surface area contributed by atoms with Gasteiger partial charge in [-0.1, -0.05) is 166 Å². The third-order valence-corrected chi connectivity index (χ3v) is 11.7. The van der Waals surface area contributed by atoms with Gasteiger partial charge in [-0.15, -0.1) is 0 Å². The molecule has 290 valence electrons. The van der Waals surface area contributed by atoms with Crippen molar-refractivity contribution < 1.29 is 9.47 Å². The number of hydrogen-bond acceptors (Lipinski definition) is 2. The molecule has 0 radical (unpaired) electrons. The maximum atomic E-state index is 5.72. The average molecular weight is 768 g/mol. The molecule has 0 aliphatic carbocycles. The smallest absolute Gasteiger partial charge is 0.118 e. The number of hydrogen-bond donors (Lipinski definition) is 0. The minimum absolute atomic E-state index is 0.821. The molecular formula is C56H49NO2. The number of rotatable bonds is 13. The fourth-order valence-corrected chi connectivity index (χ4v) is 8.96. The van der Waals surface area contributed by atoms with Gasteiger partial charge in [-0.2, -0.15) is 0 Å². The summed E-state index contributed by atoms with van der Waals surface area (Å²) in [7, 11) is 3.45. The second-order valence-corrected chi connectivity index (χ2v) is 15.3. The molecule has 0 saturated heterocycles. The molecule has 3 heteroatoms. The van der Waals surface area contributed by atoms with Crippen molar-refractivity contribution in [2.45, 2.75) is 39.2 Å². The van der Waals surface area contributed by atoms with E-state index in [9.17, 15) is 0 Å². The summed E-state index contributed by atoms with van der Waals surface area (Å²) in [4.78, 5) is 0. The summed E-state index contributed by atoms with van der Waals surface area (Å²) >= 11 is 0. The highest BCUT2D eigenvalue weighted by Gasteiger charge is 2.29. The van der Waals surface area contributed by atoms with Crippen molar-refractivity contribution in [1.82, 2.24) is 4.57 Å². The van der Waals surface area contributed by atoms with Gasteiger partial charge in [0, 0.05) is 28.4 Å². The predicted molar refractivity (Wildman–Crippen MR) is 249 cm³/mol. The lowest BCUT2D eigenvalue weighted by Gasteiger charge is -2.29. The summed E-state index contributed by atoms with van der Waals surface area (Å²) in [6.45, 7) is 3.28. The number of aryl methyl sites for hydroxylation is 1. The van der Waals surface area contributed by atoms with Crippen LogP contribution < -0.4 is 9.47 Å². The van der Waals surface area contributed by atoms with Gasteiger partial charge in [-0.3, -0.25) is 0 Å². The van der Waals surface area contributed by atoms with Crippen LogP contribution in [0.2, 0.25) is 0 Å².